The van der Waals surface area contributed by atoms with Crippen molar-refractivity contribution < 1.29 is 19.1 Å². The van der Waals surface area contributed by atoms with Crippen molar-refractivity contribution in [3.8, 4) is 0 Å². The number of thioether (sulfide) groups is 1. The number of hydrogen-bond donors (Lipinski definition) is 2. The highest BCUT2D eigenvalue weighted by molar-refractivity contribution is 7.99. The standard InChI is InChI=1S/C22H21Cl2N5O4S/c1-12(25-20(31)14-6-9-16(23)17(24)10-14)19-27-28-22(29(19)2)34-11-18(30)26-15-7-4-13(5-8-15)21(32)33-3/h4-10,12H,11H2,1-3H3,(H,25,31)(H,26,30)/t12-/m1/s1. The molecule has 0 bridgehead atoms. The number of rotatable bonds is 8. The first-order valence-electron chi connectivity index (χ1n) is 9.95. The van der Waals surface area contributed by atoms with Gasteiger partial charge in [0, 0.05) is 18.3 Å². The van der Waals surface area contributed by atoms with Gasteiger partial charge in [0.15, 0.2) is 11.0 Å². The number of carbonyl (C=O) groups excluding carboxylic acids is 3. The first kappa shape index (κ1) is 25.5. The van der Waals surface area contributed by atoms with Crippen LogP contribution in [0, 0.1) is 0 Å². The van der Waals surface area contributed by atoms with E-state index in [4.69, 9.17) is 23.2 Å². The maximum Gasteiger partial charge on any atom is 0.337 e. The van der Waals surface area contributed by atoms with Gasteiger partial charge in [-0.15, -0.1) is 10.2 Å². The minimum absolute atomic E-state index is 0.0920. The number of nitrogens with one attached hydrogen (secondary N) is 2. The van der Waals surface area contributed by atoms with E-state index >= 15 is 0 Å². The fourth-order valence-electron chi connectivity index (χ4n) is 2.95. The van der Waals surface area contributed by atoms with Crippen molar-refractivity contribution in [2.45, 2.75) is 18.1 Å². The lowest BCUT2D eigenvalue weighted by Crippen LogP contribution is -2.28. The Morgan fingerprint density at radius 1 is 1.06 bits per heavy atom. The molecule has 178 valence electrons. The van der Waals surface area contributed by atoms with Crippen molar-refractivity contribution in [2.24, 2.45) is 7.05 Å². The van der Waals surface area contributed by atoms with Gasteiger partial charge in [-0.3, -0.25) is 9.59 Å². The molecule has 9 nitrogen and oxygen atoms in total. The maximum absolute atomic E-state index is 12.5. The van der Waals surface area contributed by atoms with E-state index < -0.39 is 12.0 Å². The third-order valence-corrected chi connectivity index (χ3v) is 6.47. The lowest BCUT2D eigenvalue weighted by Gasteiger charge is -2.14. The summed E-state index contributed by atoms with van der Waals surface area (Å²) >= 11 is 13.1. The molecule has 2 aromatic carbocycles. The number of methoxy groups -OCH3 is 1. The Hall–Kier alpha value is -3.08. The van der Waals surface area contributed by atoms with Crippen LogP contribution in [-0.4, -0.2) is 45.4 Å². The highest BCUT2D eigenvalue weighted by Crippen LogP contribution is 2.24. The van der Waals surface area contributed by atoms with Crippen molar-refractivity contribution in [2.75, 3.05) is 18.2 Å². The van der Waals surface area contributed by atoms with Crippen LogP contribution in [-0.2, 0) is 16.6 Å². The summed E-state index contributed by atoms with van der Waals surface area (Å²) in [6.45, 7) is 1.78. The molecule has 0 aliphatic carbocycles. The number of anilines is 1. The van der Waals surface area contributed by atoms with Gasteiger partial charge in [0.1, 0.15) is 0 Å². The number of hydrogen-bond acceptors (Lipinski definition) is 7. The highest BCUT2D eigenvalue weighted by Gasteiger charge is 2.19. The zero-order chi connectivity index (χ0) is 24.8. The Balaban J connectivity index is 1.56. The topological polar surface area (TPSA) is 115 Å². The Morgan fingerprint density at radius 3 is 2.38 bits per heavy atom. The van der Waals surface area contributed by atoms with Gasteiger partial charge in [0.05, 0.1) is 34.5 Å². The van der Waals surface area contributed by atoms with E-state index in [9.17, 15) is 14.4 Å². The number of nitrogens with zero attached hydrogens (tertiary/aromatic N) is 3. The molecule has 0 aliphatic rings. The lowest BCUT2D eigenvalue weighted by molar-refractivity contribution is -0.113. The molecule has 0 radical (unpaired) electrons. The Bertz CT molecular complexity index is 1220. The van der Waals surface area contributed by atoms with Crippen LogP contribution < -0.4 is 10.6 Å². The molecule has 34 heavy (non-hydrogen) atoms. The minimum atomic E-state index is -0.450. The summed E-state index contributed by atoms with van der Waals surface area (Å²) in [6.07, 6.45) is 0. The fraction of sp³-hybridized carbons (Fsp3) is 0.227. The molecule has 1 heterocycles. The molecule has 1 atom stereocenters. The van der Waals surface area contributed by atoms with Gasteiger partial charge < -0.3 is 19.9 Å². The molecular weight excluding hydrogens is 501 g/mol. The number of esters is 1. The van der Waals surface area contributed by atoms with Crippen LogP contribution >= 0.6 is 35.0 Å². The number of carbonyl (C=O) groups is 3. The smallest absolute Gasteiger partial charge is 0.337 e. The van der Waals surface area contributed by atoms with E-state index in [0.717, 1.165) is 0 Å². The zero-order valence-corrected chi connectivity index (χ0v) is 20.8. The Labute approximate surface area is 210 Å². The Morgan fingerprint density at radius 2 is 1.74 bits per heavy atom. The van der Waals surface area contributed by atoms with E-state index in [2.05, 4.69) is 25.6 Å². The predicted molar refractivity (Wildman–Crippen MR) is 130 cm³/mol. The summed E-state index contributed by atoms with van der Waals surface area (Å²) in [5.74, 6) is -0.416. The summed E-state index contributed by atoms with van der Waals surface area (Å²) in [5.41, 5.74) is 1.31. The quantitative estimate of drug-likeness (QED) is 0.338. The van der Waals surface area contributed by atoms with Gasteiger partial charge in [-0.1, -0.05) is 35.0 Å². The van der Waals surface area contributed by atoms with Crippen molar-refractivity contribution in [3.63, 3.8) is 0 Å². The normalized spacial score (nSPS) is 11.6. The van der Waals surface area contributed by atoms with Crippen LogP contribution in [0.25, 0.3) is 0 Å². The maximum atomic E-state index is 12.5. The van der Waals surface area contributed by atoms with Crippen LogP contribution in [0.1, 0.15) is 39.5 Å². The van der Waals surface area contributed by atoms with Crippen molar-refractivity contribution in [1.29, 1.82) is 0 Å². The van der Waals surface area contributed by atoms with E-state index in [1.807, 2.05) is 0 Å². The monoisotopic (exact) mass is 521 g/mol. The molecule has 1 aromatic heterocycles. The van der Waals surface area contributed by atoms with Gasteiger partial charge in [0.25, 0.3) is 5.91 Å². The molecule has 0 saturated carbocycles. The molecule has 3 rings (SSSR count). The molecule has 0 saturated heterocycles. The Kier molecular flexibility index (Phi) is 8.54. The summed E-state index contributed by atoms with van der Waals surface area (Å²) in [7, 11) is 3.06. The fourth-order valence-corrected chi connectivity index (χ4v) is 3.96. The number of ether oxygens (including phenoxy) is 1. The molecule has 0 unspecified atom stereocenters. The van der Waals surface area contributed by atoms with Crippen LogP contribution in [0.4, 0.5) is 5.69 Å². The first-order valence-corrected chi connectivity index (χ1v) is 11.7. The average molecular weight is 522 g/mol. The number of halogens is 2. The molecular formula is C22H21Cl2N5O4S. The van der Waals surface area contributed by atoms with E-state index in [1.54, 1.807) is 54.9 Å². The molecule has 0 spiro atoms. The van der Waals surface area contributed by atoms with Crippen LogP contribution in [0.15, 0.2) is 47.6 Å². The summed E-state index contributed by atoms with van der Waals surface area (Å²) in [4.78, 5) is 36.3. The third-order valence-electron chi connectivity index (χ3n) is 4.71. The highest BCUT2D eigenvalue weighted by atomic mass is 35.5. The van der Waals surface area contributed by atoms with Crippen molar-refractivity contribution in [1.82, 2.24) is 20.1 Å². The molecule has 3 aromatic rings. The summed E-state index contributed by atoms with van der Waals surface area (Å²) < 4.78 is 6.36. The van der Waals surface area contributed by atoms with E-state index in [0.29, 0.717) is 32.8 Å². The van der Waals surface area contributed by atoms with Gasteiger partial charge in [-0.25, -0.2) is 4.79 Å². The second kappa shape index (κ2) is 11.4. The van der Waals surface area contributed by atoms with Crippen LogP contribution in [0.5, 0.6) is 0 Å². The predicted octanol–water partition coefficient (Wildman–Crippen LogP) is 4.13. The molecule has 12 heteroatoms. The average Bonchev–Trinajstić information content (AvgIpc) is 3.19. The molecule has 2 amide bonds. The second-order valence-corrected chi connectivity index (χ2v) is 8.89. The van der Waals surface area contributed by atoms with Crippen LogP contribution in [0.3, 0.4) is 0 Å². The number of amides is 2. The third kappa shape index (κ3) is 6.28. The zero-order valence-electron chi connectivity index (χ0n) is 18.5. The minimum Gasteiger partial charge on any atom is -0.465 e. The number of aromatic nitrogens is 3. The van der Waals surface area contributed by atoms with Gasteiger partial charge in [-0.05, 0) is 49.4 Å². The largest absolute Gasteiger partial charge is 0.465 e. The molecule has 2 N–H and O–H groups in total. The number of benzene rings is 2. The molecule has 0 fully saturated rings. The lowest BCUT2D eigenvalue weighted by atomic mass is 10.2. The molecule has 0 aliphatic heterocycles. The van der Waals surface area contributed by atoms with Gasteiger partial charge in [0.2, 0.25) is 5.91 Å². The first-order chi connectivity index (χ1) is 16.2. The van der Waals surface area contributed by atoms with Gasteiger partial charge in [-0.2, -0.15) is 0 Å². The van der Waals surface area contributed by atoms with E-state index in [-0.39, 0.29) is 22.6 Å². The SMILES string of the molecule is COC(=O)c1ccc(NC(=O)CSc2nnc([C@@H](C)NC(=O)c3ccc(Cl)c(Cl)c3)n2C)cc1. The van der Waals surface area contributed by atoms with Crippen molar-refractivity contribution >= 4 is 58.4 Å². The van der Waals surface area contributed by atoms with Crippen molar-refractivity contribution in [3.05, 3.63) is 69.5 Å². The summed E-state index contributed by atoms with van der Waals surface area (Å²) in [5, 5.41) is 15.0. The second-order valence-electron chi connectivity index (χ2n) is 7.13. The van der Waals surface area contributed by atoms with E-state index in [1.165, 1.54) is 24.9 Å². The summed E-state index contributed by atoms with van der Waals surface area (Å²) in [6, 6.07) is 10.5. The van der Waals surface area contributed by atoms with Gasteiger partial charge >= 0.3 is 5.97 Å². The van der Waals surface area contributed by atoms with Crippen LogP contribution in [0.2, 0.25) is 10.0 Å².